The number of aliphatic carboxylic acids is 3. The molecule has 1 aliphatic heterocycles. The third-order valence-electron chi connectivity index (χ3n) is 9.12. The maximum atomic E-state index is 12.9. The largest absolute Gasteiger partial charge is 0.508 e. The van der Waals surface area contributed by atoms with Crippen LogP contribution in [-0.2, 0) is 33.5 Å². The summed E-state index contributed by atoms with van der Waals surface area (Å²) in [6.45, 7) is -0.0319. The number of hydrogen-bond donors (Lipinski definition) is 10. The number of phenolic OH excluding ortho intramolecular Hbond substituents is 1. The molecule has 62 heavy (non-hydrogen) atoms. The maximum Gasteiger partial charge on any atom is 0.336 e. The fourth-order valence-electron chi connectivity index (χ4n) is 6.16. The lowest BCUT2D eigenvalue weighted by atomic mass is 9.90. The van der Waals surface area contributed by atoms with Crippen LogP contribution in [0.2, 0.25) is 0 Å². The van der Waals surface area contributed by atoms with Gasteiger partial charge in [-0.15, -0.1) is 0 Å². The van der Waals surface area contributed by atoms with Crippen molar-refractivity contribution >= 4 is 70.8 Å². The summed E-state index contributed by atoms with van der Waals surface area (Å²) in [5, 5.41) is 59.9. The van der Waals surface area contributed by atoms with E-state index in [0.717, 1.165) is 6.07 Å². The van der Waals surface area contributed by atoms with Crippen LogP contribution in [0.25, 0.3) is 33.4 Å². The van der Waals surface area contributed by atoms with Crippen molar-refractivity contribution in [3.8, 4) is 28.2 Å². The second-order valence-corrected chi connectivity index (χ2v) is 13.6. The molecule has 0 saturated heterocycles. The molecule has 328 valence electrons. The van der Waals surface area contributed by atoms with Gasteiger partial charge >= 0.3 is 35.9 Å². The Bertz CT molecular complexity index is 2400. The Morgan fingerprint density at radius 1 is 0.726 bits per heavy atom. The zero-order chi connectivity index (χ0) is 45.5. The smallest absolute Gasteiger partial charge is 0.336 e. The van der Waals surface area contributed by atoms with Crippen molar-refractivity contribution in [2.24, 2.45) is 0 Å². The van der Waals surface area contributed by atoms with Crippen LogP contribution in [0.5, 0.6) is 5.75 Å². The fourth-order valence-corrected chi connectivity index (χ4v) is 6.16. The van der Waals surface area contributed by atoms with Crippen LogP contribution in [-0.4, -0.2) is 104 Å². The minimum Gasteiger partial charge on any atom is -0.508 e. The lowest BCUT2D eigenvalue weighted by Crippen LogP contribution is -2.49. The molecule has 5 amide bonds. The predicted octanol–water partition coefficient (Wildman–Crippen LogP) is 2.69. The van der Waals surface area contributed by atoms with Gasteiger partial charge in [-0.1, -0.05) is 6.07 Å². The van der Waals surface area contributed by atoms with Gasteiger partial charge in [0.15, 0.2) is 11.7 Å². The first kappa shape index (κ1) is 46.6. The highest BCUT2D eigenvalue weighted by molar-refractivity contribution is 6.08. The van der Waals surface area contributed by atoms with Crippen LogP contribution in [0.15, 0.2) is 63.8 Å². The van der Waals surface area contributed by atoms with Crippen molar-refractivity contribution in [3.63, 3.8) is 0 Å². The standard InChI is InChI=1S/C40H41N5O17/c46-19-61-33(13-14-34(51)52)45-40(60)44-28(37(55)56)10-6-21(47)2-1-15-41-32(50)12-11-29(38(57)58)43-39(59)42-20-3-7-24(27(16-20)36(53)54)35-25-8-4-22(48)17-30(25)62-31-18-23(49)5-9-26(31)35/h3-5,7-9,16-19,28-29,33,48H,1-2,6,10-15H2,(H,41,50)(H,51,52)(H,53,54)(H,55,56)(H,57,58)(H2,42,43,59)(H2,44,45,60)/t28-,29-,33+/m0/s1. The van der Waals surface area contributed by atoms with Gasteiger partial charge in [0.2, 0.25) is 5.91 Å². The van der Waals surface area contributed by atoms with Crippen LogP contribution in [0.4, 0.5) is 15.3 Å². The number of ether oxygens (including phenoxy) is 1. The first-order chi connectivity index (χ1) is 29.4. The molecule has 0 unspecified atom stereocenters. The van der Waals surface area contributed by atoms with Crippen LogP contribution >= 0.6 is 0 Å². The number of carbonyl (C=O) groups is 9. The first-order valence-corrected chi connectivity index (χ1v) is 18.7. The number of hydrogen-bond acceptors (Lipinski definition) is 13. The molecule has 0 aromatic heterocycles. The Morgan fingerprint density at radius 2 is 1.40 bits per heavy atom. The molecule has 2 aromatic rings. The number of benzene rings is 3. The predicted molar refractivity (Wildman–Crippen MR) is 213 cm³/mol. The highest BCUT2D eigenvalue weighted by Gasteiger charge is 2.26. The number of rotatable bonds is 23. The number of aromatic hydroxyl groups is 1. The number of carboxylic acid groups (broad SMARTS) is 4. The van der Waals surface area contributed by atoms with E-state index in [-0.39, 0.29) is 97.3 Å². The van der Waals surface area contributed by atoms with E-state index in [0.29, 0.717) is 16.5 Å². The molecule has 22 heteroatoms. The zero-order valence-corrected chi connectivity index (χ0v) is 32.5. The van der Waals surface area contributed by atoms with E-state index < -0.39 is 72.4 Å². The quantitative estimate of drug-likeness (QED) is 0.0222. The summed E-state index contributed by atoms with van der Waals surface area (Å²) in [5.74, 6) is -6.58. The number of fused-ring (bicyclic) bond motifs is 2. The van der Waals surface area contributed by atoms with E-state index in [9.17, 15) is 68.4 Å². The summed E-state index contributed by atoms with van der Waals surface area (Å²) in [4.78, 5) is 119. The number of aromatic carboxylic acids is 1. The third-order valence-corrected chi connectivity index (χ3v) is 9.12. The van der Waals surface area contributed by atoms with Crippen molar-refractivity contribution < 1.29 is 77.8 Å². The molecule has 0 spiro atoms. The number of anilines is 1. The number of phenols is 1. The Hall–Kier alpha value is -8.04. The van der Waals surface area contributed by atoms with E-state index in [4.69, 9.17) is 9.52 Å². The number of amides is 5. The summed E-state index contributed by atoms with van der Waals surface area (Å²) in [6, 6.07) is 6.90. The molecule has 0 fully saturated rings. The molecule has 10 N–H and O–H groups in total. The van der Waals surface area contributed by atoms with E-state index in [1.807, 2.05) is 0 Å². The van der Waals surface area contributed by atoms with Gasteiger partial charge in [-0.25, -0.2) is 24.0 Å². The van der Waals surface area contributed by atoms with Gasteiger partial charge < -0.3 is 61.3 Å². The topological polar surface area (TPSA) is 354 Å². The molecular weight excluding hydrogens is 822 g/mol. The first-order valence-electron chi connectivity index (χ1n) is 18.7. The average Bonchev–Trinajstić information content (AvgIpc) is 3.20. The maximum absolute atomic E-state index is 12.9. The molecule has 0 saturated carbocycles. The normalized spacial score (nSPS) is 12.3. The fraction of sp³-hybridized carbons (Fsp3) is 0.300. The zero-order valence-electron chi connectivity index (χ0n) is 32.5. The van der Waals surface area contributed by atoms with Crippen LogP contribution in [0.3, 0.4) is 0 Å². The van der Waals surface area contributed by atoms with E-state index >= 15 is 0 Å². The van der Waals surface area contributed by atoms with Crippen molar-refractivity contribution in [1.29, 1.82) is 0 Å². The number of Topliss-reactive ketones (excluding diaryl/α,β-unsaturated/α-hetero) is 1. The van der Waals surface area contributed by atoms with Gasteiger partial charge in [-0.2, -0.15) is 0 Å². The van der Waals surface area contributed by atoms with Crippen molar-refractivity contribution in [2.45, 2.75) is 69.7 Å². The molecule has 4 rings (SSSR count). The van der Waals surface area contributed by atoms with E-state index in [1.54, 1.807) is 0 Å². The second kappa shape index (κ2) is 21.8. The van der Waals surface area contributed by atoms with Gasteiger partial charge in [0, 0.05) is 66.6 Å². The molecule has 22 nitrogen and oxygen atoms in total. The second-order valence-electron chi connectivity index (χ2n) is 13.6. The lowest BCUT2D eigenvalue weighted by molar-refractivity contribution is -0.141. The van der Waals surface area contributed by atoms with Gasteiger partial charge in [-0.3, -0.25) is 24.0 Å². The summed E-state index contributed by atoms with van der Waals surface area (Å²) in [5.41, 5.74) is 0.416. The molecule has 0 radical (unpaired) electrons. The Labute approximate surface area is 349 Å². The minimum atomic E-state index is -1.56. The molecule has 2 aromatic carbocycles. The number of carboxylic acids is 4. The molecule has 0 bridgehead atoms. The Morgan fingerprint density at radius 3 is 2.06 bits per heavy atom. The third kappa shape index (κ3) is 13.5. The molecule has 1 heterocycles. The van der Waals surface area contributed by atoms with Crippen molar-refractivity contribution in [3.05, 3.63) is 70.4 Å². The van der Waals surface area contributed by atoms with Crippen molar-refractivity contribution in [1.82, 2.24) is 21.3 Å². The Balaban J connectivity index is 1.26. The lowest BCUT2D eigenvalue weighted by Gasteiger charge is -2.19. The van der Waals surface area contributed by atoms with Crippen molar-refractivity contribution in [2.75, 3.05) is 11.9 Å². The molecule has 1 aliphatic carbocycles. The minimum absolute atomic E-state index is 0.0128. The van der Waals surface area contributed by atoms with Gasteiger partial charge in [0.05, 0.1) is 12.0 Å². The number of carbonyl (C=O) groups excluding carboxylic acids is 5. The van der Waals surface area contributed by atoms with E-state index in [2.05, 4.69) is 31.3 Å². The SMILES string of the molecule is O=CO[C@H](CCC(=O)O)NC(=O)N[C@@H](CCC(=O)CCCNC(=O)CC[C@H](NC(=O)Nc1ccc(-c2c3ccc(=O)cc-3oc3cc(O)ccc23)c(C(=O)O)c1)C(=O)O)C(=O)O. The van der Waals surface area contributed by atoms with Crippen LogP contribution < -0.4 is 32.0 Å². The number of urea groups is 2. The summed E-state index contributed by atoms with van der Waals surface area (Å²) in [6.07, 6.45) is -3.36. The van der Waals surface area contributed by atoms with E-state index in [1.165, 1.54) is 48.5 Å². The monoisotopic (exact) mass is 863 g/mol. The summed E-state index contributed by atoms with van der Waals surface area (Å²) in [7, 11) is 0. The van der Waals surface area contributed by atoms with Crippen LogP contribution in [0, 0.1) is 0 Å². The molecule has 3 atom stereocenters. The Kier molecular flexibility index (Phi) is 16.4. The molecule has 2 aliphatic rings. The average molecular weight is 864 g/mol. The van der Waals surface area contributed by atoms with Crippen LogP contribution in [0.1, 0.15) is 61.7 Å². The van der Waals surface area contributed by atoms with Gasteiger partial charge in [0.25, 0.3) is 6.47 Å². The summed E-state index contributed by atoms with van der Waals surface area (Å²) < 4.78 is 10.4. The highest BCUT2D eigenvalue weighted by atomic mass is 16.5. The number of ketones is 1. The molecular formula is C40H41N5O17. The highest BCUT2D eigenvalue weighted by Crippen LogP contribution is 2.42. The van der Waals surface area contributed by atoms with Gasteiger partial charge in [0.1, 0.15) is 35.0 Å². The van der Waals surface area contributed by atoms with Gasteiger partial charge in [-0.05, 0) is 61.2 Å². The number of nitrogens with one attached hydrogen (secondary N) is 5. The summed E-state index contributed by atoms with van der Waals surface area (Å²) >= 11 is 0.